The number of terminal acetylenes is 1. The molecule has 0 saturated carbocycles. The first-order valence-electron chi connectivity index (χ1n) is 6.18. The second kappa shape index (κ2) is 6.88. The summed E-state index contributed by atoms with van der Waals surface area (Å²) in [6.07, 6.45) is 11.3. The van der Waals surface area contributed by atoms with Crippen LogP contribution in [0.4, 0.5) is 0 Å². The lowest BCUT2D eigenvalue weighted by Gasteiger charge is -2.10. The van der Waals surface area contributed by atoms with Gasteiger partial charge in [0.2, 0.25) is 0 Å². The molecule has 20 heavy (non-hydrogen) atoms. The topological polar surface area (TPSA) is 31.4 Å². The molecule has 0 radical (unpaired) electrons. The molecule has 2 rings (SSSR count). The predicted octanol–water partition coefficient (Wildman–Crippen LogP) is 3.84. The molecule has 0 aliphatic rings. The number of aromatic nitrogens is 1. The highest BCUT2D eigenvalue weighted by atomic mass is 32.2. The Morgan fingerprint density at radius 3 is 2.85 bits per heavy atom. The zero-order chi connectivity index (χ0) is 14.4. The molecule has 0 N–H and O–H groups in total. The largest absolute Gasteiger partial charge is 0.494 e. The minimum atomic E-state index is 0.573. The minimum absolute atomic E-state index is 0.573. The number of nitrogens with zero attached hydrogens (tertiary/aromatic N) is 1. The highest BCUT2D eigenvalue weighted by Crippen LogP contribution is 2.33. The molecule has 1 heterocycles. The Balaban J connectivity index is 2.46. The fraction of sp³-hybridized carbons (Fsp3) is 0.188. The van der Waals surface area contributed by atoms with Crippen LogP contribution in [0.1, 0.15) is 6.92 Å². The van der Waals surface area contributed by atoms with Crippen LogP contribution in [-0.2, 0) is 0 Å². The first-order valence-corrected chi connectivity index (χ1v) is 7.40. The molecule has 3 nitrogen and oxygen atoms in total. The Labute approximate surface area is 123 Å². The van der Waals surface area contributed by atoms with Gasteiger partial charge in [0.1, 0.15) is 11.9 Å². The Bertz CT molecular complexity index is 635. The van der Waals surface area contributed by atoms with E-state index in [1.54, 1.807) is 24.0 Å². The zero-order valence-corrected chi connectivity index (χ0v) is 12.2. The number of hydrogen-bond acceptors (Lipinski definition) is 4. The quantitative estimate of drug-likeness (QED) is 0.617. The molecule has 0 unspecified atom stereocenters. The van der Waals surface area contributed by atoms with Gasteiger partial charge >= 0.3 is 0 Å². The molecule has 0 aliphatic heterocycles. The summed E-state index contributed by atoms with van der Waals surface area (Å²) >= 11 is 1.66. The number of pyridine rings is 1. The van der Waals surface area contributed by atoms with Crippen LogP contribution >= 0.6 is 11.8 Å². The molecule has 4 heteroatoms. The van der Waals surface area contributed by atoms with Crippen molar-refractivity contribution in [3.8, 4) is 35.3 Å². The van der Waals surface area contributed by atoms with Crippen molar-refractivity contribution in [1.29, 1.82) is 0 Å². The van der Waals surface area contributed by atoms with Crippen molar-refractivity contribution in [3.63, 3.8) is 0 Å². The molecule has 102 valence electrons. The fourth-order valence-electron chi connectivity index (χ4n) is 1.80. The van der Waals surface area contributed by atoms with Crippen LogP contribution in [0.3, 0.4) is 0 Å². The molecule has 0 fully saturated rings. The lowest BCUT2D eigenvalue weighted by atomic mass is 10.1. The van der Waals surface area contributed by atoms with Crippen LogP contribution in [0.2, 0.25) is 0 Å². The van der Waals surface area contributed by atoms with E-state index < -0.39 is 0 Å². The van der Waals surface area contributed by atoms with Crippen LogP contribution in [0.15, 0.2) is 41.4 Å². The molecule has 0 spiro atoms. The third kappa shape index (κ3) is 3.25. The van der Waals surface area contributed by atoms with Crippen molar-refractivity contribution in [2.45, 2.75) is 11.8 Å². The van der Waals surface area contributed by atoms with Crippen LogP contribution in [-0.4, -0.2) is 17.8 Å². The van der Waals surface area contributed by atoms with Gasteiger partial charge in [-0.1, -0.05) is 6.42 Å². The normalized spacial score (nSPS) is 9.85. The summed E-state index contributed by atoms with van der Waals surface area (Å²) in [5.74, 6) is 1.30. The van der Waals surface area contributed by atoms with E-state index >= 15 is 0 Å². The van der Waals surface area contributed by atoms with Gasteiger partial charge in [0.25, 0.3) is 0 Å². The van der Waals surface area contributed by atoms with E-state index in [2.05, 4.69) is 11.1 Å². The molecular weight excluding hydrogens is 270 g/mol. The van der Waals surface area contributed by atoms with Crippen molar-refractivity contribution in [1.82, 2.24) is 4.98 Å². The van der Waals surface area contributed by atoms with E-state index in [0.29, 0.717) is 12.4 Å². The summed E-state index contributed by atoms with van der Waals surface area (Å²) in [7, 11) is 0. The maximum Gasteiger partial charge on any atom is 0.153 e. The lowest BCUT2D eigenvalue weighted by Crippen LogP contribution is -1.94. The van der Waals surface area contributed by atoms with Crippen LogP contribution in [0.25, 0.3) is 11.3 Å². The third-order valence-electron chi connectivity index (χ3n) is 2.68. The molecule has 1 aromatic heterocycles. The molecule has 2 aromatic rings. The van der Waals surface area contributed by atoms with Gasteiger partial charge in [-0.15, -0.1) is 11.8 Å². The number of hydrogen-bond donors (Lipinski definition) is 0. The molecule has 0 atom stereocenters. The van der Waals surface area contributed by atoms with E-state index in [1.807, 2.05) is 37.4 Å². The van der Waals surface area contributed by atoms with Gasteiger partial charge in [0.15, 0.2) is 5.75 Å². The van der Waals surface area contributed by atoms with Gasteiger partial charge in [0, 0.05) is 22.7 Å². The third-order valence-corrected chi connectivity index (χ3v) is 3.40. The highest BCUT2D eigenvalue weighted by molar-refractivity contribution is 7.98. The summed E-state index contributed by atoms with van der Waals surface area (Å²) in [4.78, 5) is 5.51. The molecule has 1 aromatic carbocycles. The average Bonchev–Trinajstić information content (AvgIpc) is 2.48. The van der Waals surface area contributed by atoms with Gasteiger partial charge in [-0.2, -0.15) is 0 Å². The Morgan fingerprint density at radius 2 is 2.15 bits per heavy atom. The molecular formula is C16H15NO2S. The summed E-state index contributed by atoms with van der Waals surface area (Å²) in [5, 5.41) is 0. The number of benzene rings is 1. The van der Waals surface area contributed by atoms with E-state index in [1.165, 1.54) is 0 Å². The van der Waals surface area contributed by atoms with Gasteiger partial charge in [-0.25, -0.2) is 0 Å². The van der Waals surface area contributed by atoms with E-state index in [4.69, 9.17) is 15.9 Å². The first kappa shape index (κ1) is 14.3. The zero-order valence-electron chi connectivity index (χ0n) is 11.4. The summed E-state index contributed by atoms with van der Waals surface area (Å²) in [6.45, 7) is 2.52. The smallest absolute Gasteiger partial charge is 0.153 e. The lowest BCUT2D eigenvalue weighted by molar-refractivity contribution is 0.338. The van der Waals surface area contributed by atoms with E-state index in [-0.39, 0.29) is 0 Å². The Hall–Kier alpha value is -2.12. The number of ether oxygens (including phenoxy) is 2. The standard InChI is InChI=1S/C16H15NO2S/c1-4-18-12-6-7-14(16(10-12)19-5-2)15-11-13(20-3)8-9-17-15/h2,6-11H,4H2,1,3H3. The highest BCUT2D eigenvalue weighted by Gasteiger charge is 2.10. The molecule has 0 bridgehead atoms. The summed E-state index contributed by atoms with van der Waals surface area (Å²) in [6, 6.07) is 9.54. The monoisotopic (exact) mass is 285 g/mol. The van der Waals surface area contributed by atoms with Gasteiger partial charge in [-0.05, 0) is 37.4 Å². The molecule has 0 amide bonds. The number of thioether (sulfide) groups is 1. The Kier molecular flexibility index (Phi) is 4.91. The second-order valence-electron chi connectivity index (χ2n) is 3.89. The summed E-state index contributed by atoms with van der Waals surface area (Å²) < 4.78 is 10.7. The van der Waals surface area contributed by atoms with Crippen molar-refractivity contribution < 1.29 is 9.47 Å². The number of rotatable bonds is 5. The minimum Gasteiger partial charge on any atom is -0.494 e. The van der Waals surface area contributed by atoms with Gasteiger partial charge in [0.05, 0.1) is 12.3 Å². The van der Waals surface area contributed by atoms with Gasteiger partial charge < -0.3 is 9.47 Å². The first-order chi connectivity index (χ1) is 9.78. The van der Waals surface area contributed by atoms with Gasteiger partial charge in [-0.3, -0.25) is 4.98 Å². The summed E-state index contributed by atoms with van der Waals surface area (Å²) in [5.41, 5.74) is 1.67. The maximum atomic E-state index is 5.46. The average molecular weight is 285 g/mol. The Morgan fingerprint density at radius 1 is 1.30 bits per heavy atom. The van der Waals surface area contributed by atoms with Crippen molar-refractivity contribution >= 4 is 11.8 Å². The van der Waals surface area contributed by atoms with Crippen molar-refractivity contribution in [3.05, 3.63) is 36.5 Å². The van der Waals surface area contributed by atoms with Crippen molar-refractivity contribution in [2.75, 3.05) is 12.9 Å². The van der Waals surface area contributed by atoms with Crippen LogP contribution in [0, 0.1) is 12.5 Å². The van der Waals surface area contributed by atoms with E-state index in [9.17, 15) is 0 Å². The predicted molar refractivity (Wildman–Crippen MR) is 82.1 cm³/mol. The SMILES string of the molecule is C#COc1cc(OCC)ccc1-c1cc(SC)ccn1. The van der Waals surface area contributed by atoms with Crippen molar-refractivity contribution in [2.24, 2.45) is 0 Å². The second-order valence-corrected chi connectivity index (χ2v) is 4.77. The fourth-order valence-corrected chi connectivity index (χ4v) is 2.23. The maximum absolute atomic E-state index is 5.46. The van der Waals surface area contributed by atoms with E-state index in [0.717, 1.165) is 21.9 Å². The molecule has 0 aliphatic carbocycles. The van der Waals surface area contributed by atoms with Crippen LogP contribution in [0.5, 0.6) is 11.5 Å². The van der Waals surface area contributed by atoms with Crippen LogP contribution < -0.4 is 9.47 Å². The molecule has 0 saturated heterocycles.